The minimum Gasteiger partial charge on any atom is -0.303 e. The van der Waals surface area contributed by atoms with E-state index in [4.69, 9.17) is 0 Å². The van der Waals surface area contributed by atoms with Crippen molar-refractivity contribution in [2.45, 2.75) is 46.5 Å². The van der Waals surface area contributed by atoms with E-state index < -0.39 is 0 Å². The summed E-state index contributed by atoms with van der Waals surface area (Å²) < 4.78 is 0. The van der Waals surface area contributed by atoms with Gasteiger partial charge in [-0.3, -0.25) is 0 Å². The van der Waals surface area contributed by atoms with E-state index in [0.29, 0.717) is 0 Å². The van der Waals surface area contributed by atoms with Crippen LogP contribution in [-0.2, 0) is 11.2 Å². The molecular weight excluding hydrogens is 270 g/mol. The number of carbonyl (C=O) groups is 1. The van der Waals surface area contributed by atoms with Gasteiger partial charge in [0.25, 0.3) is 0 Å². The third kappa shape index (κ3) is 5.57. The van der Waals surface area contributed by atoms with Gasteiger partial charge in [0, 0.05) is 12.0 Å². The predicted octanol–water partition coefficient (Wildman–Crippen LogP) is 4.19. The molecule has 2 rings (SSSR count). The van der Waals surface area contributed by atoms with Crippen LogP contribution in [0.3, 0.4) is 0 Å². The highest BCUT2D eigenvalue weighted by Gasteiger charge is 2.26. The molecule has 1 unspecified atom stereocenters. The number of hydrogen-bond acceptors (Lipinski definition) is 2. The van der Waals surface area contributed by atoms with Crippen molar-refractivity contribution in [2.75, 3.05) is 19.6 Å². The zero-order valence-electron chi connectivity index (χ0n) is 14.4. The van der Waals surface area contributed by atoms with Gasteiger partial charge in [-0.1, -0.05) is 51.1 Å². The highest BCUT2D eigenvalue weighted by Crippen LogP contribution is 2.27. The Morgan fingerprint density at radius 3 is 2.45 bits per heavy atom. The summed E-state index contributed by atoms with van der Waals surface area (Å²) >= 11 is 0. The van der Waals surface area contributed by atoms with Gasteiger partial charge in [0.2, 0.25) is 0 Å². The molecule has 22 heavy (non-hydrogen) atoms. The van der Waals surface area contributed by atoms with E-state index in [0.717, 1.165) is 37.8 Å². The van der Waals surface area contributed by atoms with Crippen molar-refractivity contribution in [1.29, 1.82) is 0 Å². The molecule has 0 spiro atoms. The molecule has 0 bridgehead atoms. The average Bonchev–Trinajstić information content (AvgIpc) is 2.50. The van der Waals surface area contributed by atoms with Gasteiger partial charge in [-0.15, -0.1) is 0 Å². The molecule has 1 aliphatic rings. The monoisotopic (exact) mass is 301 g/mol. The quantitative estimate of drug-likeness (QED) is 0.704. The Morgan fingerprint density at radius 1 is 1.23 bits per heavy atom. The van der Waals surface area contributed by atoms with Crippen molar-refractivity contribution in [1.82, 2.24) is 4.90 Å². The number of nitrogens with zero attached hydrogens (tertiary/aromatic N) is 1. The first-order valence-corrected chi connectivity index (χ1v) is 8.71. The highest BCUT2D eigenvalue weighted by molar-refractivity contribution is 5.58. The number of benzene rings is 1. The van der Waals surface area contributed by atoms with Gasteiger partial charge in [0.05, 0.1) is 0 Å². The van der Waals surface area contributed by atoms with Gasteiger partial charge in [-0.2, -0.15) is 0 Å². The van der Waals surface area contributed by atoms with Crippen LogP contribution in [0.4, 0.5) is 0 Å². The molecule has 1 aliphatic heterocycles. The summed E-state index contributed by atoms with van der Waals surface area (Å²) in [5.74, 6) is 1.61. The molecule has 0 radical (unpaired) electrons. The van der Waals surface area contributed by atoms with Crippen molar-refractivity contribution < 1.29 is 4.79 Å². The number of piperidine rings is 1. The average molecular weight is 301 g/mol. The van der Waals surface area contributed by atoms with Gasteiger partial charge in [-0.25, -0.2) is 0 Å². The molecule has 1 aromatic rings. The molecule has 2 heteroatoms. The summed E-state index contributed by atoms with van der Waals surface area (Å²) in [5, 5.41) is 0. The topological polar surface area (TPSA) is 20.3 Å². The molecule has 1 saturated heterocycles. The second kappa shape index (κ2) is 7.92. The van der Waals surface area contributed by atoms with Crippen LogP contribution in [0.25, 0.3) is 0 Å². The lowest BCUT2D eigenvalue weighted by Gasteiger charge is -2.36. The Kier molecular flexibility index (Phi) is 6.19. The molecule has 1 heterocycles. The number of aldehydes is 1. The molecule has 1 fully saturated rings. The largest absolute Gasteiger partial charge is 0.303 e. The van der Waals surface area contributed by atoms with E-state index >= 15 is 0 Å². The Labute approximate surface area is 135 Å². The molecule has 122 valence electrons. The Hall–Kier alpha value is -1.15. The minimum atomic E-state index is -0.201. The lowest BCUT2D eigenvalue weighted by molar-refractivity contribution is -0.115. The van der Waals surface area contributed by atoms with E-state index in [1.165, 1.54) is 31.2 Å². The molecule has 1 atom stereocenters. The third-order valence-corrected chi connectivity index (χ3v) is 4.82. The van der Waals surface area contributed by atoms with Crippen molar-refractivity contribution in [3.63, 3.8) is 0 Å². The molecule has 0 saturated carbocycles. The number of carbonyl (C=O) groups excluding carboxylic acids is 1. The first-order valence-electron chi connectivity index (χ1n) is 8.71. The molecular formula is C20H31NO. The number of hydrogen-bond donors (Lipinski definition) is 0. The van der Waals surface area contributed by atoms with Crippen LogP contribution in [0.1, 0.15) is 45.6 Å². The second-order valence-corrected chi connectivity index (χ2v) is 7.86. The second-order valence-electron chi connectivity index (χ2n) is 7.86. The van der Waals surface area contributed by atoms with Crippen LogP contribution in [-0.4, -0.2) is 30.8 Å². The zero-order valence-corrected chi connectivity index (χ0v) is 14.4. The van der Waals surface area contributed by atoms with Crippen LogP contribution in [0, 0.1) is 17.3 Å². The maximum Gasteiger partial charge on any atom is 0.126 e. The minimum absolute atomic E-state index is 0.201. The SMILES string of the molecule is CC(Cc1ccccc1)CC1CCN(CC(C)(C)C=O)CC1. The van der Waals surface area contributed by atoms with Crippen LogP contribution >= 0.6 is 0 Å². The Balaban J connectivity index is 1.72. The molecule has 0 aromatic heterocycles. The molecule has 2 nitrogen and oxygen atoms in total. The molecule has 0 aliphatic carbocycles. The summed E-state index contributed by atoms with van der Waals surface area (Å²) in [6, 6.07) is 10.8. The summed E-state index contributed by atoms with van der Waals surface area (Å²) in [7, 11) is 0. The van der Waals surface area contributed by atoms with E-state index in [-0.39, 0.29) is 5.41 Å². The summed E-state index contributed by atoms with van der Waals surface area (Å²) in [6.07, 6.45) is 6.20. The third-order valence-electron chi connectivity index (χ3n) is 4.82. The fraction of sp³-hybridized carbons (Fsp3) is 0.650. The van der Waals surface area contributed by atoms with Crippen molar-refractivity contribution in [2.24, 2.45) is 17.3 Å². The van der Waals surface area contributed by atoms with Gasteiger partial charge in [0.1, 0.15) is 6.29 Å². The normalized spacial score (nSPS) is 19.0. The molecule has 0 amide bonds. The maximum atomic E-state index is 11.1. The van der Waals surface area contributed by atoms with Gasteiger partial charge >= 0.3 is 0 Å². The van der Waals surface area contributed by atoms with Crippen LogP contribution in [0.2, 0.25) is 0 Å². The molecule has 1 aromatic carbocycles. The van der Waals surface area contributed by atoms with E-state index in [2.05, 4.69) is 42.2 Å². The highest BCUT2D eigenvalue weighted by atomic mass is 16.1. The maximum absolute atomic E-state index is 11.1. The predicted molar refractivity (Wildman–Crippen MR) is 92.9 cm³/mol. The fourth-order valence-electron chi connectivity index (χ4n) is 3.66. The summed E-state index contributed by atoms with van der Waals surface area (Å²) in [5.41, 5.74) is 1.26. The molecule has 0 N–H and O–H groups in total. The Bertz CT molecular complexity index is 446. The first-order chi connectivity index (χ1) is 10.5. The van der Waals surface area contributed by atoms with Crippen molar-refractivity contribution in [3.8, 4) is 0 Å². The van der Waals surface area contributed by atoms with Crippen LogP contribution in [0.15, 0.2) is 30.3 Å². The zero-order chi connectivity index (χ0) is 16.0. The smallest absolute Gasteiger partial charge is 0.126 e. The van der Waals surface area contributed by atoms with E-state index in [1.54, 1.807) is 0 Å². The van der Waals surface area contributed by atoms with E-state index in [9.17, 15) is 4.79 Å². The van der Waals surface area contributed by atoms with Gasteiger partial charge in [0.15, 0.2) is 0 Å². The lowest BCUT2D eigenvalue weighted by atomic mass is 9.84. The summed E-state index contributed by atoms with van der Waals surface area (Å²) in [6.45, 7) is 9.67. The Morgan fingerprint density at radius 2 is 1.86 bits per heavy atom. The fourth-order valence-corrected chi connectivity index (χ4v) is 3.66. The lowest BCUT2D eigenvalue weighted by Crippen LogP contribution is -2.40. The van der Waals surface area contributed by atoms with Crippen LogP contribution in [0.5, 0.6) is 0 Å². The number of rotatable bonds is 7. The van der Waals surface area contributed by atoms with Crippen molar-refractivity contribution in [3.05, 3.63) is 35.9 Å². The standard InChI is InChI=1S/C20H31NO/c1-17(13-18-7-5-4-6-8-18)14-19-9-11-21(12-10-19)15-20(2,3)16-22/h4-8,16-17,19H,9-15H2,1-3H3. The first kappa shape index (κ1) is 17.2. The van der Waals surface area contributed by atoms with Crippen LogP contribution < -0.4 is 0 Å². The van der Waals surface area contributed by atoms with Crippen molar-refractivity contribution >= 4 is 6.29 Å². The van der Waals surface area contributed by atoms with Gasteiger partial charge < -0.3 is 9.69 Å². The van der Waals surface area contributed by atoms with Gasteiger partial charge in [-0.05, 0) is 56.2 Å². The number of likely N-dealkylation sites (tertiary alicyclic amines) is 1. The summed E-state index contributed by atoms with van der Waals surface area (Å²) in [4.78, 5) is 13.5. The van der Waals surface area contributed by atoms with E-state index in [1.807, 2.05) is 13.8 Å².